The van der Waals surface area contributed by atoms with Gasteiger partial charge in [-0.1, -0.05) is 5.10 Å². The van der Waals surface area contributed by atoms with Crippen molar-refractivity contribution < 1.29 is 4.92 Å². The lowest BCUT2D eigenvalue weighted by molar-refractivity contribution is -0.389. The van der Waals surface area contributed by atoms with Crippen molar-refractivity contribution >= 4 is 5.82 Å². The van der Waals surface area contributed by atoms with Gasteiger partial charge in [-0.15, -0.1) is 5.10 Å². The molecular weight excluding hydrogens is 136 g/mol. The summed E-state index contributed by atoms with van der Waals surface area (Å²) in [7, 11) is 0. The van der Waals surface area contributed by atoms with Crippen LogP contribution in [-0.4, -0.2) is 15.1 Å². The van der Waals surface area contributed by atoms with E-state index in [1.165, 1.54) is 0 Å². The van der Waals surface area contributed by atoms with Crippen molar-refractivity contribution in [3.63, 3.8) is 0 Å². The molecule has 0 aromatic carbocycles. The largest absolute Gasteiger partial charge is 0.360 e. The molecule has 10 heavy (non-hydrogen) atoms. The van der Waals surface area contributed by atoms with Crippen LogP contribution in [0.25, 0.3) is 0 Å². The number of hydrogen-bond donors (Lipinski definition) is 1. The fourth-order valence-corrected chi connectivity index (χ4v) is 0.500. The van der Waals surface area contributed by atoms with Gasteiger partial charge in [-0.05, 0) is 4.92 Å². The Hall–Kier alpha value is -1.90. The summed E-state index contributed by atoms with van der Waals surface area (Å²) < 4.78 is 0. The summed E-state index contributed by atoms with van der Waals surface area (Å²) in [6.07, 6.45) is 1.11. The summed E-state index contributed by atoms with van der Waals surface area (Å²) >= 11 is 0. The second kappa shape index (κ2) is 2.14. The molecule has 0 unspecified atom stereocenters. The number of nitro groups is 1. The summed E-state index contributed by atoms with van der Waals surface area (Å²) in [6, 6.07) is 1.62. The highest BCUT2D eigenvalue weighted by molar-refractivity contribution is 5.40. The minimum absolute atomic E-state index is 0.0509. The van der Waals surface area contributed by atoms with E-state index in [1.54, 1.807) is 6.07 Å². The van der Waals surface area contributed by atoms with Crippen LogP contribution in [0.5, 0.6) is 0 Å². The lowest BCUT2D eigenvalue weighted by atomic mass is 10.4. The van der Waals surface area contributed by atoms with E-state index in [0.717, 1.165) is 6.20 Å². The van der Waals surface area contributed by atoms with Gasteiger partial charge in [0.15, 0.2) is 5.56 Å². The van der Waals surface area contributed by atoms with E-state index >= 15 is 0 Å². The van der Waals surface area contributed by atoms with Crippen LogP contribution in [0.15, 0.2) is 6.20 Å². The normalized spacial score (nSPS) is 8.70. The average molecular weight is 138 g/mol. The molecule has 0 saturated carbocycles. The van der Waals surface area contributed by atoms with Crippen molar-refractivity contribution in [2.45, 2.75) is 0 Å². The van der Waals surface area contributed by atoms with E-state index in [9.17, 15) is 10.1 Å². The number of hydrogen-bond acceptors (Lipinski definition) is 4. The van der Waals surface area contributed by atoms with Gasteiger partial charge in [0.05, 0.1) is 6.20 Å². The third kappa shape index (κ3) is 0.798. The first-order valence-corrected chi connectivity index (χ1v) is 2.33. The monoisotopic (exact) mass is 138 g/mol. The number of nitriles is 1. The van der Waals surface area contributed by atoms with E-state index in [0.29, 0.717) is 0 Å². The Labute approximate surface area is 55.2 Å². The summed E-state index contributed by atoms with van der Waals surface area (Å²) in [5.41, 5.74) is -0.0509. The molecule has 0 spiro atoms. The molecule has 1 rings (SSSR count). The first-order valence-electron chi connectivity index (χ1n) is 2.33. The fraction of sp³-hybridized carbons (Fsp3) is 0. The van der Waals surface area contributed by atoms with Crippen molar-refractivity contribution in [2.24, 2.45) is 0 Å². The first kappa shape index (κ1) is 6.22. The van der Waals surface area contributed by atoms with Crippen LogP contribution in [0.1, 0.15) is 5.56 Å². The molecule has 0 radical (unpaired) electrons. The Kier molecular flexibility index (Phi) is 1.33. The van der Waals surface area contributed by atoms with Gasteiger partial charge in [0.2, 0.25) is 0 Å². The number of H-pyrrole nitrogens is 1. The van der Waals surface area contributed by atoms with Crippen molar-refractivity contribution in [1.29, 1.82) is 5.26 Å². The molecule has 0 atom stereocenters. The predicted octanol–water partition coefficient (Wildman–Crippen LogP) is 0.190. The van der Waals surface area contributed by atoms with Crippen LogP contribution in [0.2, 0.25) is 0 Å². The molecule has 50 valence electrons. The van der Waals surface area contributed by atoms with Gasteiger partial charge in [-0.25, -0.2) is 0 Å². The van der Waals surface area contributed by atoms with E-state index in [1.807, 2.05) is 0 Å². The molecule has 0 saturated heterocycles. The third-order valence-electron chi connectivity index (χ3n) is 0.922. The molecule has 1 heterocycles. The second-order valence-electron chi connectivity index (χ2n) is 1.50. The summed E-state index contributed by atoms with van der Waals surface area (Å²) in [6.45, 7) is 0. The smallest absolute Gasteiger partial charge is 0.358 e. The van der Waals surface area contributed by atoms with Crippen molar-refractivity contribution in [1.82, 2.24) is 10.2 Å². The highest BCUT2D eigenvalue weighted by Gasteiger charge is 2.12. The van der Waals surface area contributed by atoms with E-state index in [-0.39, 0.29) is 11.4 Å². The third-order valence-corrected chi connectivity index (χ3v) is 0.922. The van der Waals surface area contributed by atoms with Crippen molar-refractivity contribution in [3.05, 3.63) is 21.9 Å². The number of aromatic nitrogens is 2. The molecule has 1 N–H and O–H groups in total. The predicted molar refractivity (Wildman–Crippen MR) is 30.0 cm³/mol. The lowest BCUT2D eigenvalue weighted by Crippen LogP contribution is -1.89. The van der Waals surface area contributed by atoms with Crippen LogP contribution < -0.4 is 0 Å². The maximum atomic E-state index is 10.0. The number of rotatable bonds is 1. The Balaban J connectivity index is 3.17. The van der Waals surface area contributed by atoms with Gasteiger partial charge in [0.1, 0.15) is 6.07 Å². The minimum atomic E-state index is -0.689. The maximum absolute atomic E-state index is 10.0. The molecule has 1 aromatic heterocycles. The van der Waals surface area contributed by atoms with Gasteiger partial charge >= 0.3 is 5.82 Å². The summed E-state index contributed by atoms with van der Waals surface area (Å²) in [4.78, 5) is 9.34. The maximum Gasteiger partial charge on any atom is 0.360 e. The SMILES string of the molecule is N#Cc1cn[nH]c1[N+](=O)[O-]. The van der Waals surface area contributed by atoms with Crippen LogP contribution in [0.4, 0.5) is 5.82 Å². The Morgan fingerprint density at radius 1 is 1.90 bits per heavy atom. The molecule has 0 aliphatic heterocycles. The zero-order valence-corrected chi connectivity index (χ0v) is 4.74. The Morgan fingerprint density at radius 3 is 3.00 bits per heavy atom. The van der Waals surface area contributed by atoms with Crippen LogP contribution in [-0.2, 0) is 0 Å². The first-order chi connectivity index (χ1) is 4.75. The number of aromatic amines is 1. The molecule has 0 bridgehead atoms. The zero-order chi connectivity index (χ0) is 7.56. The number of nitrogens with one attached hydrogen (secondary N) is 1. The fourth-order valence-electron chi connectivity index (χ4n) is 0.500. The number of nitrogens with zero attached hydrogens (tertiary/aromatic N) is 3. The molecular formula is C4H2N4O2. The van der Waals surface area contributed by atoms with E-state index in [2.05, 4.69) is 10.2 Å². The molecule has 0 aliphatic rings. The van der Waals surface area contributed by atoms with E-state index < -0.39 is 4.92 Å². The van der Waals surface area contributed by atoms with Crippen LogP contribution >= 0.6 is 0 Å². The van der Waals surface area contributed by atoms with Gasteiger partial charge in [0, 0.05) is 0 Å². The summed E-state index contributed by atoms with van der Waals surface area (Å²) in [5.74, 6) is -0.359. The molecule has 6 nitrogen and oxygen atoms in total. The molecule has 0 fully saturated rings. The standard InChI is InChI=1S/C4H2N4O2/c5-1-3-2-6-7-4(3)8(9)10/h2H,(H,6,7). The highest BCUT2D eigenvalue weighted by atomic mass is 16.6. The molecule has 0 aliphatic carbocycles. The van der Waals surface area contributed by atoms with Gasteiger partial charge in [0.25, 0.3) is 0 Å². The van der Waals surface area contributed by atoms with Crippen LogP contribution in [0, 0.1) is 21.4 Å². The lowest BCUT2D eigenvalue weighted by Gasteiger charge is -1.85. The van der Waals surface area contributed by atoms with Crippen molar-refractivity contribution in [3.8, 4) is 6.07 Å². The second-order valence-corrected chi connectivity index (χ2v) is 1.50. The minimum Gasteiger partial charge on any atom is -0.358 e. The molecule has 6 heteroatoms. The summed E-state index contributed by atoms with van der Waals surface area (Å²) in [5, 5.41) is 23.7. The average Bonchev–Trinajstić information content (AvgIpc) is 2.33. The topological polar surface area (TPSA) is 95.6 Å². The van der Waals surface area contributed by atoms with Gasteiger partial charge in [-0.3, -0.25) is 0 Å². The quantitative estimate of drug-likeness (QED) is 0.442. The van der Waals surface area contributed by atoms with Crippen molar-refractivity contribution in [2.75, 3.05) is 0 Å². The Morgan fingerprint density at radius 2 is 2.60 bits per heavy atom. The zero-order valence-electron chi connectivity index (χ0n) is 4.74. The van der Waals surface area contributed by atoms with Crippen LogP contribution in [0.3, 0.4) is 0 Å². The van der Waals surface area contributed by atoms with Gasteiger partial charge < -0.3 is 10.1 Å². The highest BCUT2D eigenvalue weighted by Crippen LogP contribution is 2.10. The van der Waals surface area contributed by atoms with Gasteiger partial charge in [-0.2, -0.15) is 5.26 Å². The molecule has 0 amide bonds. The molecule has 1 aromatic rings. The Bertz CT molecular complexity index is 296. The van der Waals surface area contributed by atoms with E-state index in [4.69, 9.17) is 5.26 Å².